The molecule has 4 aliphatic rings. The third-order valence-electron chi connectivity index (χ3n) is 9.13. The molecular formula is C33H45N3O5S. The summed E-state index contributed by atoms with van der Waals surface area (Å²) >= 11 is 1.62. The minimum Gasteiger partial charge on any atom is -0.494 e. The van der Waals surface area contributed by atoms with Gasteiger partial charge in [-0.1, -0.05) is 37.1 Å². The standard InChI is InChI=1S/C33H45N3O5S/c1-6-41-24-15-13-23(14-16-24)34-20-11-17-32(5)25(28(34)38)26-29(39)35(19-9-7-8-10-22-37)27-30(40)36(31(2,3)4)21-12-18-33(26,27)42-32/h11-18,25-27,37H,6-10,19-22H2,1-5H3/t25-,26+,27?,32+,33+/m1/s1. The number of hydrogen-bond acceptors (Lipinski definition) is 6. The maximum absolute atomic E-state index is 14.6. The van der Waals surface area contributed by atoms with Gasteiger partial charge in [0.15, 0.2) is 0 Å². The van der Waals surface area contributed by atoms with Crippen molar-refractivity contribution in [2.75, 3.05) is 37.7 Å². The zero-order valence-corrected chi connectivity index (χ0v) is 26.4. The minimum atomic E-state index is -0.847. The van der Waals surface area contributed by atoms with E-state index in [1.165, 1.54) is 0 Å². The van der Waals surface area contributed by atoms with Crippen LogP contribution < -0.4 is 9.64 Å². The van der Waals surface area contributed by atoms with Crippen molar-refractivity contribution < 1.29 is 24.2 Å². The molecule has 2 saturated heterocycles. The fourth-order valence-electron chi connectivity index (χ4n) is 7.23. The molecule has 0 radical (unpaired) electrons. The molecule has 5 atom stereocenters. The van der Waals surface area contributed by atoms with E-state index < -0.39 is 32.9 Å². The molecule has 8 nitrogen and oxygen atoms in total. The molecule has 0 bridgehead atoms. The number of carbonyl (C=O) groups excluding carboxylic acids is 3. The number of benzene rings is 1. The van der Waals surface area contributed by atoms with Gasteiger partial charge in [0.25, 0.3) is 0 Å². The van der Waals surface area contributed by atoms with Gasteiger partial charge in [0.1, 0.15) is 11.8 Å². The number of hydrogen-bond donors (Lipinski definition) is 1. The first-order chi connectivity index (χ1) is 20.0. The third kappa shape index (κ3) is 5.17. The summed E-state index contributed by atoms with van der Waals surface area (Å²) in [6.07, 6.45) is 11.4. The Morgan fingerprint density at radius 2 is 1.62 bits per heavy atom. The predicted octanol–water partition coefficient (Wildman–Crippen LogP) is 4.43. The number of ether oxygens (including phenoxy) is 1. The van der Waals surface area contributed by atoms with Gasteiger partial charge in [0, 0.05) is 42.2 Å². The fourth-order valence-corrected chi connectivity index (χ4v) is 9.39. The molecule has 0 aliphatic carbocycles. The van der Waals surface area contributed by atoms with Crippen LogP contribution in [0.2, 0.25) is 0 Å². The van der Waals surface area contributed by atoms with Gasteiger partial charge in [-0.15, -0.1) is 11.8 Å². The number of likely N-dealkylation sites (tertiary alicyclic amines) is 1. The van der Waals surface area contributed by atoms with Crippen LogP contribution >= 0.6 is 11.8 Å². The van der Waals surface area contributed by atoms with Crippen LogP contribution in [0.4, 0.5) is 5.69 Å². The van der Waals surface area contributed by atoms with E-state index in [9.17, 15) is 19.5 Å². The fraction of sp³-hybridized carbons (Fsp3) is 0.606. The highest BCUT2D eigenvalue weighted by Crippen LogP contribution is 2.65. The lowest BCUT2D eigenvalue weighted by molar-refractivity contribution is -0.145. The lowest BCUT2D eigenvalue weighted by Gasteiger charge is -2.41. The number of rotatable bonds is 9. The highest BCUT2D eigenvalue weighted by molar-refractivity contribution is 8.02. The lowest BCUT2D eigenvalue weighted by atomic mass is 9.74. The van der Waals surface area contributed by atoms with Crippen LogP contribution in [-0.2, 0) is 14.4 Å². The number of anilines is 1. The molecule has 4 aliphatic heterocycles. The van der Waals surface area contributed by atoms with Crippen molar-refractivity contribution in [1.82, 2.24) is 9.80 Å². The predicted molar refractivity (Wildman–Crippen MR) is 166 cm³/mol. The van der Waals surface area contributed by atoms with E-state index in [-0.39, 0.29) is 24.3 Å². The quantitative estimate of drug-likeness (QED) is 0.336. The van der Waals surface area contributed by atoms with E-state index in [0.29, 0.717) is 26.2 Å². The van der Waals surface area contributed by atoms with Crippen LogP contribution in [0.5, 0.6) is 5.75 Å². The molecule has 9 heteroatoms. The first-order valence-electron chi connectivity index (χ1n) is 15.3. The van der Waals surface area contributed by atoms with Crippen molar-refractivity contribution >= 4 is 35.2 Å². The highest BCUT2D eigenvalue weighted by Gasteiger charge is 2.74. The van der Waals surface area contributed by atoms with Crippen LogP contribution in [-0.4, -0.2) is 86.6 Å². The van der Waals surface area contributed by atoms with Crippen LogP contribution in [0.25, 0.3) is 0 Å². The van der Waals surface area contributed by atoms with Gasteiger partial charge >= 0.3 is 0 Å². The number of carbonyl (C=O) groups is 3. The summed E-state index contributed by atoms with van der Waals surface area (Å²) in [7, 11) is 0. The number of aliphatic hydroxyl groups is 1. The number of thioether (sulfide) groups is 1. The Balaban J connectivity index is 1.54. The summed E-state index contributed by atoms with van der Waals surface area (Å²) in [6, 6.07) is 6.85. The van der Waals surface area contributed by atoms with E-state index in [1.807, 2.05) is 69.0 Å². The Morgan fingerprint density at radius 1 is 0.929 bits per heavy atom. The van der Waals surface area contributed by atoms with Gasteiger partial charge < -0.3 is 24.5 Å². The van der Waals surface area contributed by atoms with E-state index in [4.69, 9.17) is 4.74 Å². The maximum atomic E-state index is 14.6. The van der Waals surface area contributed by atoms with E-state index in [1.54, 1.807) is 21.6 Å². The normalized spacial score (nSPS) is 30.8. The molecule has 1 aromatic rings. The second-order valence-corrected chi connectivity index (χ2v) is 14.8. The first kappa shape index (κ1) is 30.7. The van der Waals surface area contributed by atoms with Crippen molar-refractivity contribution in [2.45, 2.75) is 81.4 Å². The molecule has 228 valence electrons. The molecule has 1 spiro atoms. The Morgan fingerprint density at radius 3 is 2.29 bits per heavy atom. The first-order valence-corrected chi connectivity index (χ1v) is 16.1. The third-order valence-corrected chi connectivity index (χ3v) is 10.9. The van der Waals surface area contributed by atoms with Gasteiger partial charge in [-0.25, -0.2) is 0 Å². The Kier molecular flexibility index (Phi) is 8.56. The van der Waals surface area contributed by atoms with Crippen molar-refractivity contribution in [3.8, 4) is 5.75 Å². The van der Waals surface area contributed by atoms with E-state index >= 15 is 0 Å². The number of unbranched alkanes of at least 4 members (excludes halogenated alkanes) is 3. The zero-order valence-electron chi connectivity index (χ0n) is 25.5. The Bertz CT molecular complexity index is 1260. The molecular weight excluding hydrogens is 550 g/mol. The molecule has 0 aromatic heterocycles. The van der Waals surface area contributed by atoms with Gasteiger partial charge in [-0.05, 0) is 71.7 Å². The zero-order chi connectivity index (χ0) is 30.3. The number of nitrogens with zero attached hydrogens (tertiary/aromatic N) is 3. The second kappa shape index (κ2) is 11.7. The van der Waals surface area contributed by atoms with Crippen molar-refractivity contribution in [2.24, 2.45) is 11.8 Å². The number of aliphatic hydroxyl groups excluding tert-OH is 1. The molecule has 1 unspecified atom stereocenters. The maximum Gasteiger partial charge on any atom is 0.247 e. The summed E-state index contributed by atoms with van der Waals surface area (Å²) in [5, 5.41) is 9.20. The second-order valence-electron chi connectivity index (χ2n) is 13.0. The largest absolute Gasteiger partial charge is 0.494 e. The summed E-state index contributed by atoms with van der Waals surface area (Å²) in [4.78, 5) is 49.0. The molecule has 2 fully saturated rings. The summed E-state index contributed by atoms with van der Waals surface area (Å²) in [6.45, 7) is 12.1. The van der Waals surface area contributed by atoms with Crippen LogP contribution in [0.3, 0.4) is 0 Å². The number of fused-ring (bicyclic) bond motifs is 2. The average molecular weight is 596 g/mol. The summed E-state index contributed by atoms with van der Waals surface area (Å²) < 4.78 is 4.11. The summed E-state index contributed by atoms with van der Waals surface area (Å²) in [5.74, 6) is -0.779. The Hall–Kier alpha value is -2.78. The van der Waals surface area contributed by atoms with Crippen molar-refractivity contribution in [3.05, 3.63) is 48.6 Å². The minimum absolute atomic E-state index is 0.0499. The van der Waals surface area contributed by atoms with Crippen molar-refractivity contribution in [3.63, 3.8) is 0 Å². The monoisotopic (exact) mass is 595 g/mol. The van der Waals surface area contributed by atoms with Crippen LogP contribution in [0.1, 0.15) is 60.3 Å². The lowest BCUT2D eigenvalue weighted by Crippen LogP contribution is -2.57. The van der Waals surface area contributed by atoms with Crippen LogP contribution in [0, 0.1) is 11.8 Å². The van der Waals surface area contributed by atoms with Crippen LogP contribution in [0.15, 0.2) is 48.6 Å². The molecule has 4 heterocycles. The van der Waals surface area contributed by atoms with Gasteiger partial charge in [0.2, 0.25) is 17.7 Å². The number of amides is 3. The molecule has 42 heavy (non-hydrogen) atoms. The van der Waals surface area contributed by atoms with Gasteiger partial charge in [-0.2, -0.15) is 0 Å². The molecule has 0 saturated carbocycles. The molecule has 3 amide bonds. The Labute approximate surface area is 254 Å². The average Bonchev–Trinajstić information content (AvgIpc) is 3.19. The molecule has 5 rings (SSSR count). The topological polar surface area (TPSA) is 90.4 Å². The molecule has 1 aromatic carbocycles. The smallest absolute Gasteiger partial charge is 0.247 e. The SMILES string of the molecule is CCOc1ccc(N2CC=C[C@]3(C)S[C@]45C=CCN(C(C)(C)C)C(=O)C4N(CCCCCCO)C(=O)[C@@H]5[C@@H]3C2=O)cc1. The van der Waals surface area contributed by atoms with Gasteiger partial charge in [0.05, 0.1) is 23.2 Å². The van der Waals surface area contributed by atoms with E-state index in [0.717, 1.165) is 37.1 Å². The van der Waals surface area contributed by atoms with Crippen molar-refractivity contribution in [1.29, 1.82) is 0 Å². The van der Waals surface area contributed by atoms with Gasteiger partial charge in [-0.3, -0.25) is 14.4 Å². The van der Waals surface area contributed by atoms with E-state index in [2.05, 4.69) is 19.1 Å². The molecule has 1 N–H and O–H groups in total. The summed E-state index contributed by atoms with van der Waals surface area (Å²) in [5.41, 5.74) is 0.343. The highest BCUT2D eigenvalue weighted by atomic mass is 32.2.